The Kier molecular flexibility index (Phi) is 3.94. The zero-order valence-electron chi connectivity index (χ0n) is 9.32. The molecule has 1 fully saturated rings. The lowest BCUT2D eigenvalue weighted by molar-refractivity contribution is -0.122. The van der Waals surface area contributed by atoms with Crippen molar-refractivity contribution < 1.29 is 14.0 Å². The molecule has 0 spiro atoms. The van der Waals surface area contributed by atoms with E-state index in [0.29, 0.717) is 12.0 Å². The third-order valence-electron chi connectivity index (χ3n) is 2.87. The second-order valence-electron chi connectivity index (χ2n) is 4.12. The van der Waals surface area contributed by atoms with Crippen molar-refractivity contribution in [2.45, 2.75) is 12.8 Å². The van der Waals surface area contributed by atoms with Crippen LogP contribution in [0, 0.1) is 11.7 Å². The Morgan fingerprint density at radius 1 is 1.35 bits per heavy atom. The quantitative estimate of drug-likeness (QED) is 0.776. The van der Waals surface area contributed by atoms with E-state index in [2.05, 4.69) is 0 Å². The highest BCUT2D eigenvalue weighted by Gasteiger charge is 2.25. The minimum Gasteiger partial charge on any atom is -0.299 e. The van der Waals surface area contributed by atoms with Crippen molar-refractivity contribution in [1.29, 1.82) is 0 Å². The number of Topliss-reactive ketones (excluding diaryl/α,β-unsaturated/α-hetero) is 2. The van der Waals surface area contributed by atoms with Crippen molar-refractivity contribution >= 4 is 23.3 Å². The van der Waals surface area contributed by atoms with Crippen LogP contribution in [0.15, 0.2) is 24.3 Å². The summed E-state index contributed by atoms with van der Waals surface area (Å²) < 4.78 is 12.7. The maximum absolute atomic E-state index is 12.7. The first-order valence-corrected chi connectivity index (χ1v) is 6.71. The van der Waals surface area contributed by atoms with Crippen LogP contribution >= 0.6 is 11.8 Å². The van der Waals surface area contributed by atoms with Gasteiger partial charge < -0.3 is 0 Å². The number of thioether (sulfide) groups is 1. The van der Waals surface area contributed by atoms with E-state index in [1.54, 1.807) is 11.8 Å². The summed E-state index contributed by atoms with van der Waals surface area (Å²) in [5.41, 5.74) is 0.481. The maximum Gasteiger partial charge on any atom is 0.163 e. The second kappa shape index (κ2) is 5.45. The van der Waals surface area contributed by atoms with Gasteiger partial charge in [0.1, 0.15) is 11.6 Å². The molecule has 1 aromatic carbocycles. The minimum atomic E-state index is -0.356. The predicted octanol–water partition coefficient (Wildman–Crippen LogP) is 2.72. The van der Waals surface area contributed by atoms with Crippen LogP contribution in [-0.2, 0) is 4.79 Å². The average molecular weight is 252 g/mol. The zero-order valence-corrected chi connectivity index (χ0v) is 10.1. The van der Waals surface area contributed by atoms with Gasteiger partial charge in [-0.15, -0.1) is 0 Å². The summed E-state index contributed by atoms with van der Waals surface area (Å²) in [6, 6.07) is 5.48. The number of benzene rings is 1. The molecule has 4 heteroatoms. The molecule has 90 valence electrons. The molecular weight excluding hydrogens is 239 g/mol. The van der Waals surface area contributed by atoms with Crippen molar-refractivity contribution in [2.75, 3.05) is 11.5 Å². The Hall–Kier alpha value is -1.16. The molecule has 2 nitrogen and oxygen atoms in total. The van der Waals surface area contributed by atoms with Gasteiger partial charge in [0, 0.05) is 35.8 Å². The van der Waals surface area contributed by atoms with Crippen LogP contribution in [0.2, 0.25) is 0 Å². The van der Waals surface area contributed by atoms with Gasteiger partial charge in [-0.25, -0.2) is 4.39 Å². The fraction of sp³-hybridized carbons (Fsp3) is 0.385. The number of hydrogen-bond donors (Lipinski definition) is 0. The molecule has 0 radical (unpaired) electrons. The number of carbonyl (C=O) groups is 2. The van der Waals surface area contributed by atoms with Gasteiger partial charge >= 0.3 is 0 Å². The Morgan fingerprint density at radius 3 is 2.71 bits per heavy atom. The van der Waals surface area contributed by atoms with E-state index in [-0.39, 0.29) is 29.7 Å². The summed E-state index contributed by atoms with van der Waals surface area (Å²) in [6.45, 7) is 0. The summed E-state index contributed by atoms with van der Waals surface area (Å²) in [6.07, 6.45) is 0.809. The molecule has 0 aromatic heterocycles. The van der Waals surface area contributed by atoms with Gasteiger partial charge in [0.2, 0.25) is 0 Å². The van der Waals surface area contributed by atoms with Crippen molar-refractivity contribution in [3.63, 3.8) is 0 Å². The maximum atomic E-state index is 12.7. The van der Waals surface area contributed by atoms with E-state index in [1.165, 1.54) is 24.3 Å². The summed E-state index contributed by atoms with van der Waals surface area (Å²) in [7, 11) is 0. The first-order valence-electron chi connectivity index (χ1n) is 5.56. The summed E-state index contributed by atoms with van der Waals surface area (Å²) in [5, 5.41) is 0. The normalized spacial score (nSPS) is 20.3. The Morgan fingerprint density at radius 2 is 2.06 bits per heavy atom. The first-order chi connectivity index (χ1) is 8.16. The highest BCUT2D eigenvalue weighted by molar-refractivity contribution is 7.99. The van der Waals surface area contributed by atoms with Crippen LogP contribution in [0.1, 0.15) is 23.2 Å². The van der Waals surface area contributed by atoms with Crippen LogP contribution in [0.5, 0.6) is 0 Å². The van der Waals surface area contributed by atoms with Crippen molar-refractivity contribution in [2.24, 2.45) is 5.92 Å². The van der Waals surface area contributed by atoms with Crippen LogP contribution in [0.25, 0.3) is 0 Å². The van der Waals surface area contributed by atoms with Gasteiger partial charge in [-0.1, -0.05) is 0 Å². The van der Waals surface area contributed by atoms with E-state index in [1.807, 2.05) is 0 Å². The molecule has 0 aliphatic carbocycles. The molecule has 0 N–H and O–H groups in total. The molecule has 0 amide bonds. The Balaban J connectivity index is 2.01. The average Bonchev–Trinajstić information content (AvgIpc) is 2.33. The molecule has 1 heterocycles. The van der Waals surface area contributed by atoms with E-state index >= 15 is 0 Å². The second-order valence-corrected chi connectivity index (χ2v) is 5.27. The monoisotopic (exact) mass is 252 g/mol. The van der Waals surface area contributed by atoms with Crippen molar-refractivity contribution in [1.82, 2.24) is 0 Å². The van der Waals surface area contributed by atoms with Crippen LogP contribution < -0.4 is 0 Å². The first kappa shape index (κ1) is 12.3. The van der Waals surface area contributed by atoms with Crippen LogP contribution in [0.4, 0.5) is 4.39 Å². The zero-order chi connectivity index (χ0) is 12.3. The van der Waals surface area contributed by atoms with E-state index in [0.717, 1.165) is 11.5 Å². The number of hydrogen-bond acceptors (Lipinski definition) is 3. The lowest BCUT2D eigenvalue weighted by Crippen LogP contribution is -2.25. The third-order valence-corrected chi connectivity index (χ3v) is 4.00. The van der Waals surface area contributed by atoms with Gasteiger partial charge in [-0.3, -0.25) is 9.59 Å². The van der Waals surface area contributed by atoms with Gasteiger partial charge in [0.05, 0.1) is 0 Å². The largest absolute Gasteiger partial charge is 0.299 e. The fourth-order valence-corrected chi connectivity index (χ4v) is 2.95. The summed E-state index contributed by atoms with van der Waals surface area (Å²) >= 11 is 1.71. The summed E-state index contributed by atoms with van der Waals surface area (Å²) in [5.74, 6) is 1.17. The van der Waals surface area contributed by atoms with Crippen molar-refractivity contribution in [3.8, 4) is 0 Å². The standard InChI is InChI=1S/C13H13FO2S/c14-11-3-1-9(2-4-11)13(16)7-10-8-17-6-5-12(10)15/h1-4,10H,5-8H2. The van der Waals surface area contributed by atoms with Crippen molar-refractivity contribution in [3.05, 3.63) is 35.6 Å². The Bertz CT molecular complexity index is 428. The van der Waals surface area contributed by atoms with Gasteiger partial charge in [-0.05, 0) is 24.3 Å². The number of halogens is 1. The minimum absolute atomic E-state index is 0.0779. The summed E-state index contributed by atoms with van der Waals surface area (Å²) in [4.78, 5) is 23.5. The SMILES string of the molecule is O=C(CC1CSCCC1=O)c1ccc(F)cc1. The van der Waals surface area contributed by atoms with E-state index in [9.17, 15) is 14.0 Å². The van der Waals surface area contributed by atoms with E-state index < -0.39 is 0 Å². The molecule has 2 rings (SSSR count). The molecule has 1 atom stereocenters. The number of rotatable bonds is 3. The highest BCUT2D eigenvalue weighted by atomic mass is 32.2. The molecule has 1 aromatic rings. The predicted molar refractivity (Wildman–Crippen MR) is 65.8 cm³/mol. The number of ketones is 2. The van der Waals surface area contributed by atoms with Gasteiger partial charge in [0.15, 0.2) is 5.78 Å². The highest BCUT2D eigenvalue weighted by Crippen LogP contribution is 2.23. The smallest absolute Gasteiger partial charge is 0.163 e. The van der Waals surface area contributed by atoms with E-state index in [4.69, 9.17) is 0 Å². The number of carbonyl (C=O) groups excluding carboxylic acids is 2. The van der Waals surface area contributed by atoms with Gasteiger partial charge in [0.25, 0.3) is 0 Å². The topological polar surface area (TPSA) is 34.1 Å². The lowest BCUT2D eigenvalue weighted by atomic mass is 9.94. The molecule has 17 heavy (non-hydrogen) atoms. The molecule has 1 aliphatic heterocycles. The Labute approximate surface area is 104 Å². The lowest BCUT2D eigenvalue weighted by Gasteiger charge is -2.19. The fourth-order valence-electron chi connectivity index (χ4n) is 1.85. The molecule has 1 saturated heterocycles. The molecule has 0 bridgehead atoms. The molecule has 1 unspecified atom stereocenters. The molecule has 0 saturated carbocycles. The van der Waals surface area contributed by atoms with Crippen LogP contribution in [0.3, 0.4) is 0 Å². The molecule has 1 aliphatic rings. The third kappa shape index (κ3) is 3.16. The van der Waals surface area contributed by atoms with Crippen LogP contribution in [-0.4, -0.2) is 23.1 Å². The molecular formula is C13H13FO2S. The van der Waals surface area contributed by atoms with Gasteiger partial charge in [-0.2, -0.15) is 11.8 Å².